The smallest absolute Gasteiger partial charge is 0.269 e. The van der Waals surface area contributed by atoms with E-state index in [0.717, 1.165) is 29.9 Å². The van der Waals surface area contributed by atoms with Crippen LogP contribution < -0.4 is 14.8 Å². The van der Waals surface area contributed by atoms with Crippen molar-refractivity contribution in [2.45, 2.75) is 31.8 Å². The highest BCUT2D eigenvalue weighted by Gasteiger charge is 2.25. The van der Waals surface area contributed by atoms with Crippen LogP contribution in [0.15, 0.2) is 41.4 Å². The number of aliphatic imine (C=N–C) groups is 1. The zero-order valence-electron chi connectivity index (χ0n) is 16.3. The zero-order chi connectivity index (χ0) is 20.1. The van der Waals surface area contributed by atoms with E-state index in [-0.39, 0.29) is 11.7 Å². The second-order valence-electron chi connectivity index (χ2n) is 6.90. The monoisotopic (exact) mass is 383 g/mol. The Morgan fingerprint density at radius 2 is 1.89 bits per heavy atom. The predicted molar refractivity (Wildman–Crippen MR) is 109 cm³/mol. The van der Waals surface area contributed by atoms with Gasteiger partial charge in [-0.3, -0.25) is 15.1 Å². The molecule has 0 amide bonds. The fraction of sp³-hybridized carbons (Fsp3) is 0.381. The molecule has 1 aliphatic rings. The van der Waals surface area contributed by atoms with Gasteiger partial charge in [0.2, 0.25) is 0 Å². The standard InChI is InChI=1S/C21H25N3O4/c1-14-10-16-11-20(27-2)21(28-3)12-18(16)19(23-14)8-9-22-13-15-4-6-17(7-5-15)24(25)26/h4-7,11-14,19,23H,8-10H2,1-3H3/t14-,19+/m0/s1. The van der Waals surface area contributed by atoms with Gasteiger partial charge in [0.25, 0.3) is 5.69 Å². The Morgan fingerprint density at radius 3 is 2.54 bits per heavy atom. The van der Waals surface area contributed by atoms with E-state index in [1.54, 1.807) is 32.6 Å². The van der Waals surface area contributed by atoms with Crippen LogP contribution in [-0.2, 0) is 6.42 Å². The average molecular weight is 383 g/mol. The van der Waals surface area contributed by atoms with Gasteiger partial charge in [-0.1, -0.05) is 0 Å². The lowest BCUT2D eigenvalue weighted by Crippen LogP contribution is -2.37. The minimum atomic E-state index is -0.405. The maximum Gasteiger partial charge on any atom is 0.269 e. The number of hydrogen-bond acceptors (Lipinski definition) is 6. The summed E-state index contributed by atoms with van der Waals surface area (Å²) in [5, 5.41) is 14.3. The molecule has 0 aliphatic carbocycles. The van der Waals surface area contributed by atoms with Crippen molar-refractivity contribution in [3.05, 3.63) is 63.2 Å². The van der Waals surface area contributed by atoms with Crippen LogP contribution in [0.1, 0.15) is 36.1 Å². The van der Waals surface area contributed by atoms with Crippen LogP contribution in [0.25, 0.3) is 0 Å². The van der Waals surface area contributed by atoms with E-state index < -0.39 is 4.92 Å². The molecule has 0 bridgehead atoms. The fourth-order valence-electron chi connectivity index (χ4n) is 3.55. The van der Waals surface area contributed by atoms with E-state index in [1.807, 2.05) is 0 Å². The molecule has 2 aromatic carbocycles. The lowest BCUT2D eigenvalue weighted by Gasteiger charge is -2.32. The van der Waals surface area contributed by atoms with Crippen molar-refractivity contribution in [2.75, 3.05) is 20.8 Å². The number of non-ortho nitro benzene ring substituents is 1. The number of nitro benzene ring substituents is 1. The molecule has 0 aromatic heterocycles. The summed E-state index contributed by atoms with van der Waals surface area (Å²) in [7, 11) is 3.30. The van der Waals surface area contributed by atoms with Crippen LogP contribution in [0.4, 0.5) is 5.69 Å². The third kappa shape index (κ3) is 4.48. The van der Waals surface area contributed by atoms with Crippen molar-refractivity contribution in [2.24, 2.45) is 4.99 Å². The third-order valence-corrected chi connectivity index (χ3v) is 4.92. The Hall–Kier alpha value is -2.93. The molecule has 7 heteroatoms. The number of benzene rings is 2. The minimum absolute atomic E-state index is 0.0820. The summed E-state index contributed by atoms with van der Waals surface area (Å²) < 4.78 is 10.9. The summed E-state index contributed by atoms with van der Waals surface area (Å²) in [6.45, 7) is 2.82. The second kappa shape index (κ2) is 8.84. The van der Waals surface area contributed by atoms with Crippen LogP contribution in [0, 0.1) is 10.1 Å². The molecule has 1 N–H and O–H groups in total. The Labute approximate surface area is 164 Å². The number of fused-ring (bicyclic) bond motifs is 1. The van der Waals surface area contributed by atoms with Crippen LogP contribution in [0.3, 0.4) is 0 Å². The Morgan fingerprint density at radius 1 is 1.21 bits per heavy atom. The predicted octanol–water partition coefficient (Wildman–Crippen LogP) is 3.70. The van der Waals surface area contributed by atoms with Crippen LogP contribution >= 0.6 is 0 Å². The highest BCUT2D eigenvalue weighted by atomic mass is 16.6. The molecule has 0 saturated carbocycles. The molecule has 2 aromatic rings. The lowest BCUT2D eigenvalue weighted by atomic mass is 9.88. The molecule has 7 nitrogen and oxygen atoms in total. The van der Waals surface area contributed by atoms with E-state index >= 15 is 0 Å². The summed E-state index contributed by atoms with van der Waals surface area (Å²) in [5.74, 6) is 1.49. The van der Waals surface area contributed by atoms with Gasteiger partial charge in [-0.05, 0) is 60.7 Å². The van der Waals surface area contributed by atoms with Gasteiger partial charge < -0.3 is 14.8 Å². The van der Waals surface area contributed by atoms with Crippen LogP contribution in [-0.4, -0.2) is 37.9 Å². The summed E-state index contributed by atoms with van der Waals surface area (Å²) in [4.78, 5) is 14.8. The van der Waals surface area contributed by atoms with E-state index in [9.17, 15) is 10.1 Å². The van der Waals surface area contributed by atoms with Gasteiger partial charge in [-0.25, -0.2) is 0 Å². The van der Waals surface area contributed by atoms with Crippen molar-refractivity contribution in [1.29, 1.82) is 0 Å². The van der Waals surface area contributed by atoms with Gasteiger partial charge in [0, 0.05) is 37.0 Å². The summed E-state index contributed by atoms with van der Waals surface area (Å²) in [6.07, 6.45) is 3.54. The van der Waals surface area contributed by atoms with Gasteiger partial charge in [-0.15, -0.1) is 0 Å². The first kappa shape index (κ1) is 19.8. The van der Waals surface area contributed by atoms with E-state index in [2.05, 4.69) is 29.4 Å². The van der Waals surface area contributed by atoms with Gasteiger partial charge in [0.15, 0.2) is 11.5 Å². The second-order valence-corrected chi connectivity index (χ2v) is 6.90. The van der Waals surface area contributed by atoms with Gasteiger partial charge in [-0.2, -0.15) is 0 Å². The molecule has 2 atom stereocenters. The summed E-state index contributed by atoms with van der Waals surface area (Å²) in [6, 6.07) is 11.1. The number of methoxy groups -OCH3 is 2. The van der Waals surface area contributed by atoms with Gasteiger partial charge >= 0.3 is 0 Å². The maximum absolute atomic E-state index is 10.7. The SMILES string of the molecule is COc1cc2c(cc1OC)[C@@H](CCN=Cc1ccc([N+](=O)[O-])cc1)N[C@@H](C)C2. The van der Waals surface area contributed by atoms with Gasteiger partial charge in [0.05, 0.1) is 19.1 Å². The van der Waals surface area contributed by atoms with Gasteiger partial charge in [0.1, 0.15) is 0 Å². The number of nitrogens with one attached hydrogen (secondary N) is 1. The van der Waals surface area contributed by atoms with Crippen molar-refractivity contribution in [3.8, 4) is 11.5 Å². The first-order valence-corrected chi connectivity index (χ1v) is 9.27. The third-order valence-electron chi connectivity index (χ3n) is 4.92. The number of nitro groups is 1. The first-order chi connectivity index (χ1) is 13.5. The Bertz CT molecular complexity index is 865. The summed E-state index contributed by atoms with van der Waals surface area (Å²) >= 11 is 0. The molecular formula is C21H25N3O4. The lowest BCUT2D eigenvalue weighted by molar-refractivity contribution is -0.384. The van der Waals surface area contributed by atoms with E-state index in [4.69, 9.17) is 9.47 Å². The fourth-order valence-corrected chi connectivity index (χ4v) is 3.55. The molecule has 148 valence electrons. The number of nitrogens with zero attached hydrogens (tertiary/aromatic N) is 2. The summed E-state index contributed by atoms with van der Waals surface area (Å²) in [5.41, 5.74) is 3.43. The molecular weight excluding hydrogens is 358 g/mol. The highest BCUT2D eigenvalue weighted by molar-refractivity contribution is 5.79. The molecule has 1 heterocycles. The van der Waals surface area contributed by atoms with Crippen molar-refractivity contribution in [3.63, 3.8) is 0 Å². The molecule has 28 heavy (non-hydrogen) atoms. The number of rotatable bonds is 7. The normalized spacial score (nSPS) is 18.7. The topological polar surface area (TPSA) is 86.0 Å². The Balaban J connectivity index is 1.68. The van der Waals surface area contributed by atoms with Crippen LogP contribution in [0.2, 0.25) is 0 Å². The number of hydrogen-bond donors (Lipinski definition) is 1. The zero-order valence-corrected chi connectivity index (χ0v) is 16.3. The average Bonchev–Trinajstić information content (AvgIpc) is 2.70. The molecule has 0 spiro atoms. The van der Waals surface area contributed by atoms with Crippen LogP contribution in [0.5, 0.6) is 11.5 Å². The quantitative estimate of drug-likeness (QED) is 0.448. The molecule has 0 radical (unpaired) electrons. The first-order valence-electron chi connectivity index (χ1n) is 9.27. The largest absolute Gasteiger partial charge is 0.493 e. The minimum Gasteiger partial charge on any atom is -0.493 e. The maximum atomic E-state index is 10.7. The molecule has 3 rings (SSSR count). The van der Waals surface area contributed by atoms with E-state index in [1.165, 1.54) is 23.3 Å². The molecule has 0 saturated heterocycles. The van der Waals surface area contributed by atoms with Crippen molar-refractivity contribution in [1.82, 2.24) is 5.32 Å². The van der Waals surface area contributed by atoms with E-state index in [0.29, 0.717) is 12.6 Å². The Kier molecular flexibility index (Phi) is 6.26. The molecule has 1 aliphatic heterocycles. The number of ether oxygens (including phenoxy) is 2. The highest BCUT2D eigenvalue weighted by Crippen LogP contribution is 2.37. The van der Waals surface area contributed by atoms with Crippen molar-refractivity contribution < 1.29 is 14.4 Å². The molecule has 0 unspecified atom stereocenters. The van der Waals surface area contributed by atoms with Crippen molar-refractivity contribution >= 4 is 11.9 Å². The molecule has 0 fully saturated rings.